The van der Waals surface area contributed by atoms with Crippen molar-refractivity contribution in [2.45, 2.75) is 93.9 Å². The third-order valence-electron chi connectivity index (χ3n) is 8.37. The van der Waals surface area contributed by atoms with Gasteiger partial charge in [0.05, 0.1) is 17.3 Å². The standard InChI is InChI=1S/C33H38N4.2C2H6/c1-8-25-19-33(25,9-2)29-17-13-12-16-27(29)32(36-7)37(31(35)26-15-11-10-14-21(26)3)30-23(5)18-22(4)28(20-34)24(30)6;2*1-2/h10-18,25,35H,8-9,19H2,1-7H3;2*1-2H3/t25-,33?;;/m0../s1. The molecule has 1 aliphatic rings. The van der Waals surface area contributed by atoms with Crippen LogP contribution in [0.1, 0.15) is 105 Å². The maximum atomic E-state index is 10.0. The summed E-state index contributed by atoms with van der Waals surface area (Å²) in [4.78, 5) is 6.86. The van der Waals surface area contributed by atoms with E-state index < -0.39 is 0 Å². The Morgan fingerprint density at radius 2 is 1.51 bits per heavy atom. The minimum atomic E-state index is 0.146. The monoisotopic (exact) mass is 550 g/mol. The van der Waals surface area contributed by atoms with Gasteiger partial charge in [-0.15, -0.1) is 0 Å². The number of anilines is 1. The van der Waals surface area contributed by atoms with Crippen molar-refractivity contribution in [2.75, 3.05) is 11.9 Å². The number of benzene rings is 3. The van der Waals surface area contributed by atoms with E-state index in [0.717, 1.165) is 57.7 Å². The minimum absolute atomic E-state index is 0.146. The number of nitrogens with zero attached hydrogens (tertiary/aromatic N) is 3. The number of aryl methyl sites for hydroxylation is 3. The van der Waals surface area contributed by atoms with Gasteiger partial charge >= 0.3 is 0 Å². The Morgan fingerprint density at radius 1 is 0.927 bits per heavy atom. The summed E-state index contributed by atoms with van der Waals surface area (Å²) in [5, 5.41) is 19.6. The first-order valence-electron chi connectivity index (χ1n) is 15.3. The first kappa shape index (κ1) is 33.5. The predicted molar refractivity (Wildman–Crippen MR) is 178 cm³/mol. The van der Waals surface area contributed by atoms with Crippen LogP contribution in [0.3, 0.4) is 0 Å². The van der Waals surface area contributed by atoms with E-state index in [-0.39, 0.29) is 5.41 Å². The Labute approximate surface area is 249 Å². The quantitative estimate of drug-likeness (QED) is 0.245. The van der Waals surface area contributed by atoms with Crippen LogP contribution in [0, 0.1) is 50.4 Å². The van der Waals surface area contributed by atoms with E-state index in [1.54, 1.807) is 0 Å². The summed E-state index contributed by atoms with van der Waals surface area (Å²) >= 11 is 0. The van der Waals surface area contributed by atoms with Crippen LogP contribution in [0.2, 0.25) is 0 Å². The lowest BCUT2D eigenvalue weighted by molar-refractivity contribution is 0.571. The van der Waals surface area contributed by atoms with Crippen LogP contribution in [0.5, 0.6) is 0 Å². The molecule has 4 heteroatoms. The van der Waals surface area contributed by atoms with E-state index in [1.165, 1.54) is 12.0 Å². The highest BCUT2D eigenvalue weighted by molar-refractivity contribution is 6.29. The molecule has 3 aromatic rings. The number of nitrogens with one attached hydrogen (secondary N) is 1. The third-order valence-corrected chi connectivity index (χ3v) is 8.37. The molecule has 1 unspecified atom stereocenters. The maximum Gasteiger partial charge on any atom is 0.141 e. The van der Waals surface area contributed by atoms with Crippen LogP contribution in [-0.4, -0.2) is 18.7 Å². The summed E-state index contributed by atoms with van der Waals surface area (Å²) in [7, 11) is 1.82. The van der Waals surface area contributed by atoms with Gasteiger partial charge in [-0.05, 0) is 79.7 Å². The number of rotatable bonds is 6. The molecule has 4 nitrogen and oxygen atoms in total. The second-order valence-electron chi connectivity index (χ2n) is 10.4. The molecule has 3 aromatic carbocycles. The zero-order valence-electron chi connectivity index (χ0n) is 27.2. The van der Waals surface area contributed by atoms with Crippen LogP contribution in [0.4, 0.5) is 5.69 Å². The highest BCUT2D eigenvalue weighted by Gasteiger charge is 2.53. The number of hydrogen-bond donors (Lipinski definition) is 1. The van der Waals surface area contributed by atoms with Crippen molar-refractivity contribution in [3.05, 3.63) is 99.1 Å². The van der Waals surface area contributed by atoms with Crippen LogP contribution in [0.25, 0.3) is 0 Å². The summed E-state index contributed by atoms with van der Waals surface area (Å²) in [6.07, 6.45) is 3.42. The SMILES string of the molecule is CC.CC.CC[C@H]1CC1(CC)c1ccccc1C(=NC)N(C(=N)c1ccccc1C)c1c(C)cc(C)c(C#N)c1C. The number of nitriles is 1. The Kier molecular flexibility index (Phi) is 12.1. The Bertz CT molecular complexity index is 1430. The largest absolute Gasteiger partial charge is 0.283 e. The second-order valence-corrected chi connectivity index (χ2v) is 10.4. The average Bonchev–Trinajstić information content (AvgIpc) is 3.74. The lowest BCUT2D eigenvalue weighted by Gasteiger charge is -2.33. The van der Waals surface area contributed by atoms with E-state index in [9.17, 15) is 10.7 Å². The van der Waals surface area contributed by atoms with Crippen molar-refractivity contribution in [1.29, 1.82) is 10.7 Å². The fourth-order valence-electron chi connectivity index (χ4n) is 6.30. The second kappa shape index (κ2) is 14.8. The van der Waals surface area contributed by atoms with E-state index in [2.05, 4.69) is 57.2 Å². The van der Waals surface area contributed by atoms with Gasteiger partial charge in [-0.25, -0.2) is 0 Å². The van der Waals surface area contributed by atoms with Gasteiger partial charge in [0, 0.05) is 18.2 Å². The fraction of sp³-hybridized carbons (Fsp3) is 0.432. The molecule has 0 heterocycles. The van der Waals surface area contributed by atoms with Crippen molar-refractivity contribution >= 4 is 17.4 Å². The van der Waals surface area contributed by atoms with E-state index in [4.69, 9.17) is 4.99 Å². The van der Waals surface area contributed by atoms with E-state index in [1.807, 2.05) is 84.7 Å². The Balaban J connectivity index is 0.00000141. The fourth-order valence-corrected chi connectivity index (χ4v) is 6.30. The first-order chi connectivity index (χ1) is 19.7. The van der Waals surface area contributed by atoms with Gasteiger partial charge < -0.3 is 0 Å². The van der Waals surface area contributed by atoms with Crippen molar-refractivity contribution in [3.63, 3.8) is 0 Å². The third kappa shape index (κ3) is 6.30. The van der Waals surface area contributed by atoms with E-state index >= 15 is 0 Å². The van der Waals surface area contributed by atoms with Crippen LogP contribution in [0.15, 0.2) is 59.6 Å². The maximum absolute atomic E-state index is 10.0. The molecule has 1 saturated carbocycles. The first-order valence-corrected chi connectivity index (χ1v) is 15.3. The molecule has 0 spiro atoms. The number of aliphatic imine (C=N–C) groups is 1. The molecule has 0 aliphatic heterocycles. The molecule has 1 fully saturated rings. The van der Waals surface area contributed by atoms with Gasteiger partial charge in [0.15, 0.2) is 0 Å². The molecule has 41 heavy (non-hydrogen) atoms. The predicted octanol–water partition coefficient (Wildman–Crippen LogP) is 9.83. The average molecular weight is 551 g/mol. The highest BCUT2D eigenvalue weighted by atomic mass is 15.2. The molecule has 0 bridgehead atoms. The van der Waals surface area contributed by atoms with Gasteiger partial charge in [0.2, 0.25) is 0 Å². The molecule has 0 amide bonds. The zero-order valence-corrected chi connectivity index (χ0v) is 27.2. The lowest BCUT2D eigenvalue weighted by Crippen LogP contribution is -2.40. The molecule has 2 atom stereocenters. The summed E-state index contributed by atoms with van der Waals surface area (Å²) in [6.45, 7) is 20.6. The normalized spacial score (nSPS) is 17.3. The summed E-state index contributed by atoms with van der Waals surface area (Å²) in [5.74, 6) is 1.77. The smallest absolute Gasteiger partial charge is 0.141 e. The summed E-state index contributed by atoms with van der Waals surface area (Å²) in [6, 6.07) is 21.1. The van der Waals surface area contributed by atoms with Gasteiger partial charge in [-0.2, -0.15) is 5.26 Å². The molecule has 1 aliphatic carbocycles. The van der Waals surface area contributed by atoms with Gasteiger partial charge in [-0.1, -0.05) is 103 Å². The van der Waals surface area contributed by atoms with Crippen molar-refractivity contribution in [1.82, 2.24) is 0 Å². The summed E-state index contributed by atoms with van der Waals surface area (Å²) < 4.78 is 0. The van der Waals surface area contributed by atoms with Crippen molar-refractivity contribution < 1.29 is 0 Å². The van der Waals surface area contributed by atoms with Gasteiger partial charge in [0.25, 0.3) is 0 Å². The molecule has 0 saturated heterocycles. The molecule has 218 valence electrons. The Morgan fingerprint density at radius 3 is 2.02 bits per heavy atom. The van der Waals surface area contributed by atoms with Crippen LogP contribution in [-0.2, 0) is 5.41 Å². The molecule has 0 aromatic heterocycles. The number of hydrogen-bond acceptors (Lipinski definition) is 3. The minimum Gasteiger partial charge on any atom is -0.283 e. The van der Waals surface area contributed by atoms with Crippen LogP contribution >= 0.6 is 0 Å². The van der Waals surface area contributed by atoms with E-state index in [0.29, 0.717) is 17.3 Å². The van der Waals surface area contributed by atoms with Crippen LogP contribution < -0.4 is 4.90 Å². The highest BCUT2D eigenvalue weighted by Crippen LogP contribution is 2.59. The lowest BCUT2D eigenvalue weighted by atomic mass is 9.85. The summed E-state index contributed by atoms with van der Waals surface area (Å²) in [5.41, 5.74) is 8.78. The molecular weight excluding hydrogens is 500 g/mol. The molecule has 0 radical (unpaired) electrons. The van der Waals surface area contributed by atoms with Gasteiger partial charge in [-0.3, -0.25) is 15.3 Å². The zero-order chi connectivity index (χ0) is 30.9. The topological polar surface area (TPSA) is 63.2 Å². The van der Waals surface area contributed by atoms with Crippen molar-refractivity contribution in [2.24, 2.45) is 10.9 Å². The molecule has 4 rings (SSSR count). The Hall–Kier alpha value is -3.71. The number of amidine groups is 2. The van der Waals surface area contributed by atoms with Gasteiger partial charge in [0.1, 0.15) is 11.7 Å². The van der Waals surface area contributed by atoms with Crippen molar-refractivity contribution in [3.8, 4) is 6.07 Å². The molecular formula is C37H50N4. The molecule has 1 N–H and O–H groups in total.